The van der Waals surface area contributed by atoms with E-state index in [1.165, 1.54) is 167 Å². The van der Waals surface area contributed by atoms with Crippen LogP contribution in [0.25, 0.3) is 0 Å². The summed E-state index contributed by atoms with van der Waals surface area (Å²) in [4.78, 5) is 12.2. The fourth-order valence-corrected chi connectivity index (χ4v) is 5.73. The average molecular weight is 635 g/mol. The maximum absolute atomic E-state index is 12.2. The van der Waals surface area contributed by atoms with Crippen molar-refractivity contribution in [1.29, 1.82) is 0 Å². The van der Waals surface area contributed by atoms with Crippen LogP contribution in [0.1, 0.15) is 206 Å². The quantitative estimate of drug-likeness (QED) is 0.0420. The number of aliphatic hydroxyl groups is 1. The molecule has 1 unspecified atom stereocenters. The number of unbranched alkanes of at least 4 members (excludes halogenated alkanes) is 25. The summed E-state index contributed by atoms with van der Waals surface area (Å²) in [6, 6.07) is 0. The van der Waals surface area contributed by atoms with Crippen LogP contribution in [-0.2, 0) is 14.3 Å². The Morgan fingerprint density at radius 2 is 0.867 bits per heavy atom. The first-order chi connectivity index (χ1) is 22.2. The topological polar surface area (TPSA) is 55.8 Å². The lowest BCUT2D eigenvalue weighted by molar-refractivity contribution is -0.154. The zero-order valence-electron chi connectivity index (χ0n) is 30.4. The van der Waals surface area contributed by atoms with Crippen molar-refractivity contribution >= 4 is 5.97 Å². The van der Waals surface area contributed by atoms with E-state index in [2.05, 4.69) is 38.2 Å². The van der Waals surface area contributed by atoms with Crippen LogP contribution in [0.3, 0.4) is 0 Å². The highest BCUT2D eigenvalue weighted by Crippen LogP contribution is 2.13. The Kier molecular flexibility index (Phi) is 38.1. The largest absolute Gasteiger partial charge is 0.457 e. The van der Waals surface area contributed by atoms with Gasteiger partial charge in [0.25, 0.3) is 0 Å². The third-order valence-corrected chi connectivity index (χ3v) is 8.75. The maximum atomic E-state index is 12.2. The minimum Gasteiger partial charge on any atom is -0.457 e. The summed E-state index contributed by atoms with van der Waals surface area (Å²) in [5.41, 5.74) is 0. The summed E-state index contributed by atoms with van der Waals surface area (Å²) in [6.07, 6.45) is 46.5. The van der Waals surface area contributed by atoms with E-state index in [1.54, 1.807) is 0 Å². The van der Waals surface area contributed by atoms with Gasteiger partial charge in [0.2, 0.25) is 0 Å². The Balaban J connectivity index is 3.44. The average Bonchev–Trinajstić information content (AvgIpc) is 3.05. The van der Waals surface area contributed by atoms with E-state index in [0.717, 1.165) is 19.3 Å². The number of esters is 1. The van der Waals surface area contributed by atoms with Crippen molar-refractivity contribution in [2.24, 2.45) is 0 Å². The molecule has 0 aliphatic carbocycles. The molecule has 266 valence electrons. The van der Waals surface area contributed by atoms with Crippen molar-refractivity contribution in [3.63, 3.8) is 0 Å². The van der Waals surface area contributed by atoms with Gasteiger partial charge in [-0.1, -0.05) is 160 Å². The number of aliphatic hydroxyl groups excluding tert-OH is 1. The van der Waals surface area contributed by atoms with E-state index in [4.69, 9.17) is 9.47 Å². The molecule has 0 heterocycles. The second-order valence-corrected chi connectivity index (χ2v) is 13.3. The highest BCUT2D eigenvalue weighted by atomic mass is 16.6. The Morgan fingerprint density at radius 1 is 0.511 bits per heavy atom. The molecule has 0 saturated carbocycles. The lowest BCUT2D eigenvalue weighted by Gasteiger charge is -2.15. The molecule has 45 heavy (non-hydrogen) atoms. The minimum absolute atomic E-state index is 0.175. The molecular weight excluding hydrogens is 556 g/mol. The van der Waals surface area contributed by atoms with Gasteiger partial charge in [-0.3, -0.25) is 4.79 Å². The first-order valence-corrected chi connectivity index (χ1v) is 19.9. The molecule has 0 saturated heterocycles. The number of ether oxygens (including phenoxy) is 2. The van der Waals surface area contributed by atoms with Crippen LogP contribution in [0.15, 0.2) is 24.3 Å². The van der Waals surface area contributed by atoms with Crippen molar-refractivity contribution < 1.29 is 19.4 Å². The Hall–Kier alpha value is -1.13. The van der Waals surface area contributed by atoms with E-state index < -0.39 is 6.10 Å². The second-order valence-electron chi connectivity index (χ2n) is 13.3. The molecule has 0 aliphatic rings. The zero-order valence-corrected chi connectivity index (χ0v) is 30.4. The fraction of sp³-hybridized carbons (Fsp3) is 0.878. The molecule has 0 bridgehead atoms. The monoisotopic (exact) mass is 635 g/mol. The molecule has 1 atom stereocenters. The van der Waals surface area contributed by atoms with Crippen LogP contribution in [0.2, 0.25) is 0 Å². The highest BCUT2D eigenvalue weighted by Gasteiger charge is 2.13. The van der Waals surface area contributed by atoms with E-state index >= 15 is 0 Å². The molecule has 0 spiro atoms. The Morgan fingerprint density at radius 3 is 1.27 bits per heavy atom. The van der Waals surface area contributed by atoms with Gasteiger partial charge in [0.05, 0.1) is 13.2 Å². The fourth-order valence-electron chi connectivity index (χ4n) is 5.73. The molecule has 0 aliphatic heterocycles. The van der Waals surface area contributed by atoms with Gasteiger partial charge >= 0.3 is 5.97 Å². The molecule has 0 rings (SSSR count). The lowest BCUT2D eigenvalue weighted by atomic mass is 10.1. The van der Waals surface area contributed by atoms with Gasteiger partial charge in [-0.15, -0.1) is 0 Å². The van der Waals surface area contributed by atoms with Crippen LogP contribution < -0.4 is 0 Å². The van der Waals surface area contributed by atoms with Crippen molar-refractivity contribution in [2.75, 3.05) is 19.8 Å². The predicted molar refractivity (Wildman–Crippen MR) is 196 cm³/mol. The van der Waals surface area contributed by atoms with Crippen molar-refractivity contribution in [2.45, 2.75) is 213 Å². The first kappa shape index (κ1) is 43.9. The molecule has 1 N–H and O–H groups in total. The molecule has 4 heteroatoms. The van der Waals surface area contributed by atoms with Crippen molar-refractivity contribution in [1.82, 2.24) is 0 Å². The summed E-state index contributed by atoms with van der Waals surface area (Å²) in [7, 11) is 0. The van der Waals surface area contributed by atoms with Crippen LogP contribution >= 0.6 is 0 Å². The highest BCUT2D eigenvalue weighted by molar-refractivity contribution is 5.69. The standard InChI is InChI=1S/C41H78O4/c1-3-5-7-9-11-13-15-17-19-21-23-25-27-29-31-33-35-37-44-39-40(38-42)45-41(43)36-34-32-30-28-26-24-22-20-18-16-14-12-10-8-6-4-2/h19-22,40,42H,3-18,23-39H2,1-2H3/b21-19-,22-20-. The minimum atomic E-state index is -0.538. The molecule has 0 aromatic heterocycles. The van der Waals surface area contributed by atoms with Crippen LogP contribution in [-0.4, -0.2) is 37.0 Å². The van der Waals surface area contributed by atoms with E-state index in [0.29, 0.717) is 19.6 Å². The normalized spacial score (nSPS) is 12.5. The first-order valence-electron chi connectivity index (χ1n) is 19.9. The van der Waals surface area contributed by atoms with E-state index in [1.807, 2.05) is 0 Å². The van der Waals surface area contributed by atoms with Crippen LogP contribution in [0.5, 0.6) is 0 Å². The van der Waals surface area contributed by atoms with Gasteiger partial charge in [0.1, 0.15) is 6.10 Å². The third-order valence-electron chi connectivity index (χ3n) is 8.75. The van der Waals surface area contributed by atoms with Gasteiger partial charge in [0.15, 0.2) is 0 Å². The lowest BCUT2D eigenvalue weighted by Crippen LogP contribution is -2.27. The molecule has 0 aromatic carbocycles. The second kappa shape index (κ2) is 39.1. The van der Waals surface area contributed by atoms with Crippen LogP contribution in [0.4, 0.5) is 0 Å². The number of hydrogen-bond donors (Lipinski definition) is 1. The number of carbonyl (C=O) groups is 1. The van der Waals surface area contributed by atoms with E-state index in [9.17, 15) is 9.90 Å². The SMILES string of the molecule is CCCCCCCCC/C=C\CCCCCCCCOCC(CO)OC(=O)CCCCCCC/C=C\CCCCCCCCC. The molecule has 0 amide bonds. The predicted octanol–water partition coefficient (Wildman–Crippen LogP) is 12.8. The van der Waals surface area contributed by atoms with Crippen molar-refractivity contribution in [3.05, 3.63) is 24.3 Å². The number of allylic oxidation sites excluding steroid dienone is 4. The summed E-state index contributed by atoms with van der Waals surface area (Å²) in [5.74, 6) is -0.210. The maximum Gasteiger partial charge on any atom is 0.306 e. The summed E-state index contributed by atoms with van der Waals surface area (Å²) in [5, 5.41) is 9.57. The molecular formula is C41H78O4. The smallest absolute Gasteiger partial charge is 0.306 e. The Bertz CT molecular complexity index is 629. The molecule has 0 radical (unpaired) electrons. The van der Waals surface area contributed by atoms with Gasteiger partial charge in [-0.25, -0.2) is 0 Å². The number of rotatable bonds is 37. The Labute approximate surface area is 281 Å². The summed E-state index contributed by atoms with van der Waals surface area (Å²) < 4.78 is 11.1. The molecule has 0 aromatic rings. The summed E-state index contributed by atoms with van der Waals surface area (Å²) >= 11 is 0. The van der Waals surface area contributed by atoms with E-state index in [-0.39, 0.29) is 12.6 Å². The number of hydrogen-bond acceptors (Lipinski definition) is 4. The third kappa shape index (κ3) is 37.2. The van der Waals surface area contributed by atoms with Gasteiger partial charge in [-0.05, 0) is 64.2 Å². The van der Waals surface area contributed by atoms with Gasteiger partial charge in [0, 0.05) is 13.0 Å². The van der Waals surface area contributed by atoms with Crippen LogP contribution in [0, 0.1) is 0 Å². The number of carbonyl (C=O) groups excluding carboxylic acids is 1. The van der Waals surface area contributed by atoms with Crippen molar-refractivity contribution in [3.8, 4) is 0 Å². The van der Waals surface area contributed by atoms with Gasteiger partial charge < -0.3 is 14.6 Å². The molecule has 4 nitrogen and oxygen atoms in total. The van der Waals surface area contributed by atoms with Gasteiger partial charge in [-0.2, -0.15) is 0 Å². The zero-order chi connectivity index (χ0) is 32.7. The summed E-state index contributed by atoms with van der Waals surface area (Å²) in [6.45, 7) is 5.34. The molecule has 0 fully saturated rings.